The van der Waals surface area contributed by atoms with Crippen molar-refractivity contribution >= 4 is 5.91 Å². The van der Waals surface area contributed by atoms with E-state index >= 15 is 0 Å². The highest BCUT2D eigenvalue weighted by molar-refractivity contribution is 5.78. The molecule has 0 aliphatic rings. The van der Waals surface area contributed by atoms with Gasteiger partial charge in [-0.05, 0) is 63.1 Å². The number of aromatic nitrogens is 1. The van der Waals surface area contributed by atoms with Gasteiger partial charge in [0.25, 0.3) is 5.91 Å². The van der Waals surface area contributed by atoms with Gasteiger partial charge < -0.3 is 32.5 Å². The van der Waals surface area contributed by atoms with Crippen molar-refractivity contribution in [1.82, 2.24) is 15.6 Å². The smallest absolute Gasteiger partial charge is 0.258 e. The van der Waals surface area contributed by atoms with Crippen LogP contribution in [0.15, 0.2) is 42.7 Å². The van der Waals surface area contributed by atoms with E-state index in [9.17, 15) is 4.79 Å². The van der Waals surface area contributed by atoms with Crippen molar-refractivity contribution in [3.05, 3.63) is 53.9 Å². The first-order valence-electron chi connectivity index (χ1n) is 9.16. The molecule has 0 atom stereocenters. The topological polar surface area (TPSA) is 72.5 Å². The summed E-state index contributed by atoms with van der Waals surface area (Å²) in [5.41, 5.74) is 1.98. The van der Waals surface area contributed by atoms with Gasteiger partial charge in [0.05, 0.1) is 6.61 Å². The van der Waals surface area contributed by atoms with Gasteiger partial charge in [-0.2, -0.15) is 0 Å². The van der Waals surface area contributed by atoms with Gasteiger partial charge in [-0.1, -0.05) is 6.07 Å². The molecule has 1 aromatic carbocycles. The van der Waals surface area contributed by atoms with Crippen LogP contribution in [0.25, 0.3) is 0 Å². The molecule has 6 nitrogen and oxygen atoms in total. The van der Waals surface area contributed by atoms with Gasteiger partial charge in [0, 0.05) is 31.0 Å². The van der Waals surface area contributed by atoms with E-state index in [1.165, 1.54) is 5.56 Å². The largest absolute Gasteiger partial charge is 1.00 e. The summed E-state index contributed by atoms with van der Waals surface area (Å²) in [4.78, 5) is 16.0. The molecule has 1 heterocycles. The normalized spacial score (nSPS) is 10.7. The molecule has 0 aliphatic carbocycles. The fraction of sp³-hybridized carbons (Fsp3) is 0.429. The van der Waals surface area contributed by atoms with Crippen LogP contribution in [-0.4, -0.2) is 29.6 Å². The first-order chi connectivity index (χ1) is 12.9. The van der Waals surface area contributed by atoms with Crippen LogP contribution in [0.1, 0.15) is 38.8 Å². The third kappa shape index (κ3) is 8.59. The van der Waals surface area contributed by atoms with Crippen LogP contribution in [0, 0.1) is 0 Å². The van der Waals surface area contributed by atoms with Crippen LogP contribution in [0.2, 0.25) is 0 Å². The monoisotopic (exact) mass is 406 g/mol. The highest BCUT2D eigenvalue weighted by Gasteiger charge is 2.15. The van der Waals surface area contributed by atoms with Crippen LogP contribution in [0.4, 0.5) is 0 Å². The van der Waals surface area contributed by atoms with Gasteiger partial charge in [-0.25, -0.2) is 0 Å². The Bertz CT molecular complexity index is 733. The highest BCUT2D eigenvalue weighted by atomic mass is 35.5. The summed E-state index contributed by atoms with van der Waals surface area (Å²) in [5, 5.41) is 6.27. The Morgan fingerprint density at radius 2 is 1.68 bits per heavy atom. The van der Waals surface area contributed by atoms with Gasteiger partial charge in [0.15, 0.2) is 18.1 Å². The molecule has 28 heavy (non-hydrogen) atoms. The van der Waals surface area contributed by atoms with Gasteiger partial charge in [-0.15, -0.1) is 0 Å². The minimum Gasteiger partial charge on any atom is -1.00 e. The summed E-state index contributed by atoms with van der Waals surface area (Å²) in [6.07, 6.45) is 3.57. The van der Waals surface area contributed by atoms with Crippen molar-refractivity contribution in [3.8, 4) is 11.5 Å². The third-order valence-electron chi connectivity index (χ3n) is 3.59. The minimum atomic E-state index is -0.284. The molecule has 0 fully saturated rings. The number of rotatable bonds is 9. The van der Waals surface area contributed by atoms with Crippen LogP contribution < -0.4 is 32.5 Å². The minimum absolute atomic E-state index is 0. The van der Waals surface area contributed by atoms with Gasteiger partial charge in [0.1, 0.15) is 0 Å². The Morgan fingerprint density at radius 3 is 2.32 bits per heavy atom. The summed E-state index contributed by atoms with van der Waals surface area (Å²) >= 11 is 0. The number of carbonyl (C=O) groups excluding carboxylic acids is 1. The number of pyridine rings is 1. The van der Waals surface area contributed by atoms with Gasteiger partial charge >= 0.3 is 0 Å². The standard InChI is InChI=1S/C21H29N3O3.ClH/c1-5-26-19-12-17(14-23-13-16-8-10-22-11-9-16)6-7-18(19)27-15-20(25)24-21(2,3)4;/h6-12,23H,5,13-15H2,1-4H3,(H,24,25);1H/p-1. The summed E-state index contributed by atoms with van der Waals surface area (Å²) in [6, 6.07) is 9.73. The third-order valence-corrected chi connectivity index (χ3v) is 3.59. The van der Waals surface area contributed by atoms with E-state index in [1.807, 2.05) is 58.0 Å². The van der Waals surface area contributed by atoms with Crippen molar-refractivity contribution in [2.24, 2.45) is 0 Å². The van der Waals surface area contributed by atoms with Crippen molar-refractivity contribution in [1.29, 1.82) is 0 Å². The second kappa shape index (κ2) is 11.5. The first kappa shape index (κ1) is 23.7. The Morgan fingerprint density at radius 1 is 1.00 bits per heavy atom. The average Bonchev–Trinajstić information content (AvgIpc) is 2.61. The fourth-order valence-corrected chi connectivity index (χ4v) is 2.50. The molecule has 2 N–H and O–H groups in total. The maximum atomic E-state index is 12.0. The predicted octanol–water partition coefficient (Wildman–Crippen LogP) is 0.0676. The van der Waals surface area contributed by atoms with Gasteiger partial charge in [-0.3, -0.25) is 9.78 Å². The Kier molecular flexibility index (Phi) is 9.76. The van der Waals surface area contributed by atoms with Gasteiger partial charge in [0.2, 0.25) is 0 Å². The van der Waals surface area contributed by atoms with Crippen molar-refractivity contribution in [2.45, 2.75) is 46.3 Å². The molecule has 0 radical (unpaired) electrons. The van der Waals surface area contributed by atoms with Crippen LogP contribution in [-0.2, 0) is 17.9 Å². The summed E-state index contributed by atoms with van der Waals surface area (Å²) in [7, 11) is 0. The van der Waals surface area contributed by atoms with Crippen LogP contribution >= 0.6 is 0 Å². The molecule has 154 valence electrons. The maximum Gasteiger partial charge on any atom is 0.258 e. The second-order valence-corrected chi connectivity index (χ2v) is 7.26. The van der Waals surface area contributed by atoms with Crippen LogP contribution in [0.3, 0.4) is 0 Å². The lowest BCUT2D eigenvalue weighted by atomic mass is 10.1. The molecular formula is C21H29ClN3O3-. The first-order valence-corrected chi connectivity index (χ1v) is 9.16. The second-order valence-electron chi connectivity index (χ2n) is 7.26. The lowest BCUT2D eigenvalue weighted by Gasteiger charge is -2.21. The molecule has 2 rings (SSSR count). The molecule has 0 bridgehead atoms. The van der Waals surface area contributed by atoms with E-state index in [4.69, 9.17) is 9.47 Å². The van der Waals surface area contributed by atoms with E-state index in [0.717, 1.165) is 12.1 Å². The summed E-state index contributed by atoms with van der Waals surface area (Å²) in [5.74, 6) is 1.05. The number of amides is 1. The average molecular weight is 407 g/mol. The number of halogens is 1. The zero-order valence-electron chi connectivity index (χ0n) is 16.9. The number of hydrogen-bond donors (Lipinski definition) is 2. The van der Waals surface area contributed by atoms with E-state index < -0.39 is 0 Å². The number of nitrogens with zero attached hydrogens (tertiary/aromatic N) is 1. The molecule has 0 spiro atoms. The van der Waals surface area contributed by atoms with Crippen molar-refractivity contribution in [2.75, 3.05) is 13.2 Å². The quantitative estimate of drug-likeness (QED) is 0.616. The number of nitrogens with one attached hydrogen (secondary N) is 2. The highest BCUT2D eigenvalue weighted by Crippen LogP contribution is 2.28. The lowest BCUT2D eigenvalue weighted by molar-refractivity contribution is -0.124. The molecular weight excluding hydrogens is 378 g/mol. The van der Waals surface area contributed by atoms with Crippen molar-refractivity contribution in [3.63, 3.8) is 0 Å². The zero-order valence-corrected chi connectivity index (χ0v) is 17.7. The zero-order chi connectivity index (χ0) is 19.7. The van der Waals surface area contributed by atoms with E-state index in [-0.39, 0.29) is 30.5 Å². The molecule has 0 saturated heterocycles. The number of benzene rings is 1. The Hall–Kier alpha value is -2.31. The SMILES string of the molecule is CCOc1cc(CNCc2ccncc2)ccc1OCC(=O)NC(C)(C)C.[Cl-]. The lowest BCUT2D eigenvalue weighted by Crippen LogP contribution is -3.00. The number of hydrogen-bond acceptors (Lipinski definition) is 5. The Balaban J connectivity index is 0.00000392. The molecule has 0 saturated carbocycles. The van der Waals surface area contributed by atoms with Crippen LogP contribution in [0.5, 0.6) is 11.5 Å². The number of carbonyl (C=O) groups is 1. The predicted molar refractivity (Wildman–Crippen MR) is 106 cm³/mol. The fourth-order valence-electron chi connectivity index (χ4n) is 2.50. The number of ether oxygens (including phenoxy) is 2. The van der Waals surface area contributed by atoms with E-state index in [1.54, 1.807) is 12.4 Å². The summed E-state index contributed by atoms with van der Waals surface area (Å²) in [6.45, 7) is 9.67. The van der Waals surface area contributed by atoms with Crippen molar-refractivity contribution < 1.29 is 26.7 Å². The van der Waals surface area contributed by atoms with E-state index in [0.29, 0.717) is 24.7 Å². The summed E-state index contributed by atoms with van der Waals surface area (Å²) < 4.78 is 11.3. The maximum absolute atomic E-state index is 12.0. The molecule has 0 aliphatic heterocycles. The molecule has 1 amide bonds. The van der Waals surface area contributed by atoms with E-state index in [2.05, 4.69) is 15.6 Å². The molecule has 2 aromatic rings. The molecule has 7 heteroatoms. The Labute approximate surface area is 173 Å². The molecule has 1 aromatic heterocycles. The molecule has 0 unspecified atom stereocenters.